The predicted octanol–water partition coefficient (Wildman–Crippen LogP) is 2.77. The molecule has 1 amide bonds. The highest BCUT2D eigenvalue weighted by atomic mass is 16.6. The highest BCUT2D eigenvalue weighted by Crippen LogP contribution is 2.23. The Balaban J connectivity index is 1.82. The highest BCUT2D eigenvalue weighted by molar-refractivity contribution is 5.94. The molecule has 1 N–H and O–H groups in total. The Kier molecular flexibility index (Phi) is 6.26. The van der Waals surface area contributed by atoms with Crippen molar-refractivity contribution in [2.45, 2.75) is 13.8 Å². The number of nitrogens with zero attached hydrogens (tertiary/aromatic N) is 1. The molecule has 0 aliphatic rings. The Bertz CT molecular complexity index is 834. The second-order valence-corrected chi connectivity index (χ2v) is 5.54. The molecule has 0 spiro atoms. The van der Waals surface area contributed by atoms with E-state index in [2.05, 4.69) is 5.32 Å². The van der Waals surface area contributed by atoms with Crippen molar-refractivity contribution in [3.8, 4) is 5.75 Å². The van der Waals surface area contributed by atoms with Crippen molar-refractivity contribution in [1.82, 2.24) is 0 Å². The van der Waals surface area contributed by atoms with E-state index in [-0.39, 0.29) is 18.0 Å². The van der Waals surface area contributed by atoms with E-state index in [1.807, 2.05) is 26.0 Å². The summed E-state index contributed by atoms with van der Waals surface area (Å²) in [5.41, 5.74) is 1.74. The van der Waals surface area contributed by atoms with Crippen LogP contribution in [0, 0.1) is 24.0 Å². The molecule has 0 radical (unpaired) electrons. The van der Waals surface area contributed by atoms with Gasteiger partial charge in [-0.3, -0.25) is 14.9 Å². The Morgan fingerprint density at radius 3 is 2.54 bits per heavy atom. The van der Waals surface area contributed by atoms with Gasteiger partial charge in [-0.1, -0.05) is 29.8 Å². The number of nitro groups is 1. The number of benzene rings is 2. The van der Waals surface area contributed by atoms with E-state index in [1.165, 1.54) is 18.2 Å². The Hall–Kier alpha value is -3.42. The van der Waals surface area contributed by atoms with Crippen molar-refractivity contribution in [2.24, 2.45) is 0 Å². The first-order valence-electron chi connectivity index (χ1n) is 7.76. The average Bonchev–Trinajstić information content (AvgIpc) is 2.59. The number of anilines is 1. The molecule has 0 aromatic heterocycles. The molecule has 2 aromatic rings. The molecule has 8 nitrogen and oxygen atoms in total. The molecule has 0 aliphatic heterocycles. The van der Waals surface area contributed by atoms with Gasteiger partial charge < -0.3 is 14.8 Å². The number of aryl methyl sites for hydroxylation is 2. The smallest absolute Gasteiger partial charge is 0.344 e. The quantitative estimate of drug-likeness (QED) is 0.463. The van der Waals surface area contributed by atoms with Crippen LogP contribution in [0.2, 0.25) is 0 Å². The number of esters is 1. The molecule has 0 heterocycles. The summed E-state index contributed by atoms with van der Waals surface area (Å²) in [7, 11) is 0. The highest BCUT2D eigenvalue weighted by Gasteiger charge is 2.16. The Labute approximate surface area is 149 Å². The number of hydrogen-bond donors (Lipinski definition) is 1. The first kappa shape index (κ1) is 18.9. The zero-order valence-corrected chi connectivity index (χ0v) is 14.4. The van der Waals surface area contributed by atoms with E-state index >= 15 is 0 Å². The summed E-state index contributed by atoms with van der Waals surface area (Å²) >= 11 is 0. The standard InChI is InChI=1S/C18H18N2O6/c1-12-7-8-16(13(2)9-12)25-11-18(22)26-10-17(21)19-14-5-3-4-6-15(14)20(23)24/h3-9H,10-11H2,1-2H3,(H,19,21). The fourth-order valence-corrected chi connectivity index (χ4v) is 2.21. The lowest BCUT2D eigenvalue weighted by Crippen LogP contribution is -2.24. The van der Waals surface area contributed by atoms with Crippen molar-refractivity contribution in [2.75, 3.05) is 18.5 Å². The van der Waals surface area contributed by atoms with Crippen LogP contribution in [0.5, 0.6) is 5.75 Å². The third-order valence-electron chi connectivity index (χ3n) is 3.42. The Morgan fingerprint density at radius 1 is 1.12 bits per heavy atom. The molecule has 26 heavy (non-hydrogen) atoms. The molecule has 0 saturated carbocycles. The normalized spacial score (nSPS) is 10.1. The lowest BCUT2D eigenvalue weighted by molar-refractivity contribution is -0.383. The fraction of sp³-hybridized carbons (Fsp3) is 0.222. The minimum atomic E-state index is -0.720. The van der Waals surface area contributed by atoms with Gasteiger partial charge in [-0.25, -0.2) is 4.79 Å². The van der Waals surface area contributed by atoms with E-state index in [4.69, 9.17) is 9.47 Å². The van der Waals surface area contributed by atoms with Gasteiger partial charge in [0.15, 0.2) is 13.2 Å². The molecular formula is C18H18N2O6. The lowest BCUT2D eigenvalue weighted by Gasteiger charge is -2.10. The molecule has 2 rings (SSSR count). The maximum Gasteiger partial charge on any atom is 0.344 e. The van der Waals surface area contributed by atoms with Crippen molar-refractivity contribution < 1.29 is 24.0 Å². The number of amides is 1. The number of carbonyl (C=O) groups excluding carboxylic acids is 2. The van der Waals surface area contributed by atoms with Crippen LogP contribution in [0.25, 0.3) is 0 Å². The van der Waals surface area contributed by atoms with Crippen LogP contribution < -0.4 is 10.1 Å². The van der Waals surface area contributed by atoms with Gasteiger partial charge in [0.05, 0.1) is 4.92 Å². The van der Waals surface area contributed by atoms with Gasteiger partial charge in [0.25, 0.3) is 11.6 Å². The van der Waals surface area contributed by atoms with Crippen molar-refractivity contribution in [1.29, 1.82) is 0 Å². The second-order valence-electron chi connectivity index (χ2n) is 5.54. The van der Waals surface area contributed by atoms with Crippen LogP contribution in [0.1, 0.15) is 11.1 Å². The second kappa shape index (κ2) is 8.61. The SMILES string of the molecule is Cc1ccc(OCC(=O)OCC(=O)Nc2ccccc2[N+](=O)[O-])c(C)c1. The third kappa shape index (κ3) is 5.30. The molecular weight excluding hydrogens is 340 g/mol. The Morgan fingerprint density at radius 2 is 1.85 bits per heavy atom. The average molecular weight is 358 g/mol. The summed E-state index contributed by atoms with van der Waals surface area (Å²) in [5, 5.41) is 13.2. The minimum absolute atomic E-state index is 0.0325. The zero-order valence-electron chi connectivity index (χ0n) is 14.4. The third-order valence-corrected chi connectivity index (χ3v) is 3.42. The van der Waals surface area contributed by atoms with Crippen LogP contribution in [0.3, 0.4) is 0 Å². The maximum absolute atomic E-state index is 11.8. The van der Waals surface area contributed by atoms with Crippen LogP contribution in [0.15, 0.2) is 42.5 Å². The number of rotatable bonds is 7. The van der Waals surface area contributed by atoms with Crippen LogP contribution in [-0.2, 0) is 14.3 Å². The number of nitro benzene ring substituents is 1. The summed E-state index contributed by atoms with van der Waals surface area (Å²) in [6.45, 7) is 2.89. The van der Waals surface area contributed by atoms with Crippen LogP contribution in [-0.4, -0.2) is 30.0 Å². The lowest BCUT2D eigenvalue weighted by atomic mass is 10.1. The number of nitrogens with one attached hydrogen (secondary N) is 1. The summed E-state index contributed by atoms with van der Waals surface area (Å²) in [6.07, 6.45) is 0. The van der Waals surface area contributed by atoms with Gasteiger partial charge in [0.2, 0.25) is 0 Å². The topological polar surface area (TPSA) is 108 Å². The molecule has 136 valence electrons. The van der Waals surface area contributed by atoms with E-state index in [1.54, 1.807) is 12.1 Å². The molecule has 0 saturated heterocycles. The number of hydrogen-bond acceptors (Lipinski definition) is 6. The summed E-state index contributed by atoms with van der Waals surface area (Å²) in [6, 6.07) is 11.2. The van der Waals surface area contributed by atoms with Crippen molar-refractivity contribution >= 4 is 23.3 Å². The maximum atomic E-state index is 11.8. The van der Waals surface area contributed by atoms with Gasteiger partial charge in [-0.05, 0) is 31.5 Å². The first-order valence-corrected chi connectivity index (χ1v) is 7.76. The zero-order chi connectivity index (χ0) is 19.1. The fourth-order valence-electron chi connectivity index (χ4n) is 2.21. The molecule has 2 aromatic carbocycles. The largest absolute Gasteiger partial charge is 0.482 e. The summed E-state index contributed by atoms with van der Waals surface area (Å²) in [4.78, 5) is 33.8. The molecule has 8 heteroatoms. The van der Waals surface area contributed by atoms with Crippen LogP contribution in [0.4, 0.5) is 11.4 Å². The number of carbonyl (C=O) groups is 2. The first-order chi connectivity index (χ1) is 12.4. The van der Waals surface area contributed by atoms with E-state index < -0.39 is 23.4 Å². The van der Waals surface area contributed by atoms with E-state index in [0.717, 1.165) is 11.1 Å². The minimum Gasteiger partial charge on any atom is -0.482 e. The van der Waals surface area contributed by atoms with Gasteiger partial charge in [0.1, 0.15) is 11.4 Å². The van der Waals surface area contributed by atoms with Crippen LogP contribution >= 0.6 is 0 Å². The number of ether oxygens (including phenoxy) is 2. The summed E-state index contributed by atoms with van der Waals surface area (Å²) in [5.74, 6) is -0.848. The summed E-state index contributed by atoms with van der Waals surface area (Å²) < 4.78 is 10.2. The molecule has 0 aliphatic carbocycles. The molecule has 0 bridgehead atoms. The van der Waals surface area contributed by atoms with Crippen molar-refractivity contribution in [3.05, 3.63) is 63.7 Å². The van der Waals surface area contributed by atoms with Gasteiger partial charge in [-0.15, -0.1) is 0 Å². The monoisotopic (exact) mass is 358 g/mol. The predicted molar refractivity (Wildman–Crippen MR) is 94.1 cm³/mol. The van der Waals surface area contributed by atoms with Gasteiger partial charge >= 0.3 is 5.97 Å². The molecule has 0 fully saturated rings. The van der Waals surface area contributed by atoms with Gasteiger partial charge in [0, 0.05) is 6.07 Å². The van der Waals surface area contributed by atoms with E-state index in [9.17, 15) is 19.7 Å². The molecule has 0 unspecified atom stereocenters. The molecule has 0 atom stereocenters. The van der Waals surface area contributed by atoms with Gasteiger partial charge in [-0.2, -0.15) is 0 Å². The van der Waals surface area contributed by atoms with Crippen molar-refractivity contribution in [3.63, 3.8) is 0 Å². The van der Waals surface area contributed by atoms with E-state index in [0.29, 0.717) is 5.75 Å². The number of para-hydroxylation sites is 2.